The van der Waals surface area contributed by atoms with E-state index in [1.165, 1.54) is 18.2 Å². The van der Waals surface area contributed by atoms with Crippen LogP contribution in [0.1, 0.15) is 33.1 Å². The molecular formula is C29H21N3O7. The molecule has 2 amide bonds. The van der Waals surface area contributed by atoms with Gasteiger partial charge in [-0.1, -0.05) is 24.3 Å². The number of rotatable bonds is 4. The van der Waals surface area contributed by atoms with Crippen LogP contribution in [0.25, 0.3) is 6.08 Å². The molecule has 0 aliphatic carbocycles. The van der Waals surface area contributed by atoms with Crippen LogP contribution in [0.3, 0.4) is 0 Å². The van der Waals surface area contributed by atoms with Crippen molar-refractivity contribution < 1.29 is 28.8 Å². The number of ether oxygens (including phenoxy) is 2. The third-order valence-corrected chi connectivity index (χ3v) is 8.02. The summed E-state index contributed by atoms with van der Waals surface area (Å²) in [4.78, 5) is 55.9. The second-order valence-corrected chi connectivity index (χ2v) is 10.0. The van der Waals surface area contributed by atoms with Crippen molar-refractivity contribution in [3.63, 3.8) is 0 Å². The first-order valence-corrected chi connectivity index (χ1v) is 12.5. The zero-order chi connectivity index (χ0) is 27.0. The molecule has 0 saturated carbocycles. The minimum atomic E-state index is -0.953. The van der Waals surface area contributed by atoms with E-state index in [1.807, 2.05) is 35.2 Å². The molecule has 2 saturated heterocycles. The summed E-state index contributed by atoms with van der Waals surface area (Å²) in [5, 5.41) is 11.3. The first kappa shape index (κ1) is 23.2. The monoisotopic (exact) mass is 523 g/mol. The number of hydrogen-bond donors (Lipinski definition) is 0. The maximum absolute atomic E-state index is 14.1. The fourth-order valence-electron chi connectivity index (χ4n) is 6.32. The zero-order valence-electron chi connectivity index (χ0n) is 20.6. The molecule has 10 nitrogen and oxygen atoms in total. The zero-order valence-corrected chi connectivity index (χ0v) is 20.6. The van der Waals surface area contributed by atoms with Crippen LogP contribution in [-0.2, 0) is 9.59 Å². The molecule has 0 spiro atoms. The van der Waals surface area contributed by atoms with Crippen LogP contribution in [0.4, 0.5) is 11.4 Å². The smallest absolute Gasteiger partial charge is 0.269 e. The van der Waals surface area contributed by atoms with Gasteiger partial charge in [-0.05, 0) is 54.0 Å². The van der Waals surface area contributed by atoms with Gasteiger partial charge in [0, 0.05) is 23.9 Å². The first-order chi connectivity index (χ1) is 18.8. The number of nitro benzene ring substituents is 1. The maximum Gasteiger partial charge on any atom is 0.269 e. The lowest BCUT2D eigenvalue weighted by Crippen LogP contribution is -2.44. The number of anilines is 1. The predicted octanol–water partition coefficient (Wildman–Crippen LogP) is 4.03. The number of carbonyl (C=O) groups is 3. The standard InChI is InChI=1S/C29H21N3O7/c1-15-12-18(32(36)37)7-8-20(15)31-28(34)23-24(29(31)35)26(27(33)17-6-9-21-22(13-17)39-14-38-21)30-11-10-16-4-2-3-5-19(16)25(23)30/h2-13,23-26H,14H2,1H3/t23-,24+,25+,26+/m0/s1. The van der Waals surface area contributed by atoms with Gasteiger partial charge in [0.25, 0.3) is 5.69 Å². The number of fused-ring (bicyclic) bond motifs is 6. The average Bonchev–Trinajstić information content (AvgIpc) is 3.61. The molecule has 4 heterocycles. The number of amides is 2. The number of imide groups is 1. The lowest BCUT2D eigenvalue weighted by atomic mass is 9.83. The molecule has 0 radical (unpaired) electrons. The molecule has 0 N–H and O–H groups in total. The second-order valence-electron chi connectivity index (χ2n) is 10.0. The number of aryl methyl sites for hydroxylation is 1. The summed E-state index contributed by atoms with van der Waals surface area (Å²) >= 11 is 0. The number of non-ortho nitro benzene ring substituents is 1. The summed E-state index contributed by atoms with van der Waals surface area (Å²) < 4.78 is 10.8. The third-order valence-electron chi connectivity index (χ3n) is 8.02. The van der Waals surface area contributed by atoms with Crippen molar-refractivity contribution in [2.75, 3.05) is 11.7 Å². The van der Waals surface area contributed by atoms with Gasteiger partial charge in [-0.3, -0.25) is 24.5 Å². The highest BCUT2D eigenvalue weighted by Crippen LogP contribution is 2.54. The van der Waals surface area contributed by atoms with E-state index in [9.17, 15) is 24.5 Å². The number of benzene rings is 3. The van der Waals surface area contributed by atoms with Gasteiger partial charge in [-0.2, -0.15) is 0 Å². The average molecular weight is 524 g/mol. The number of nitrogens with zero attached hydrogens (tertiary/aromatic N) is 3. The molecule has 2 fully saturated rings. The fourth-order valence-corrected chi connectivity index (χ4v) is 6.32. The van der Waals surface area contributed by atoms with Crippen LogP contribution >= 0.6 is 0 Å². The third kappa shape index (κ3) is 3.24. The Morgan fingerprint density at radius 3 is 2.54 bits per heavy atom. The molecule has 0 bridgehead atoms. The molecule has 0 aromatic heterocycles. The van der Waals surface area contributed by atoms with E-state index in [1.54, 1.807) is 31.3 Å². The van der Waals surface area contributed by atoms with Gasteiger partial charge in [0.1, 0.15) is 6.04 Å². The normalized spacial score (nSPS) is 24.0. The van der Waals surface area contributed by atoms with Crippen LogP contribution in [0.15, 0.2) is 66.9 Å². The Hall–Kier alpha value is -4.99. The molecule has 3 aromatic rings. The highest BCUT2D eigenvalue weighted by Gasteiger charge is 2.64. The maximum atomic E-state index is 14.1. The van der Waals surface area contributed by atoms with Gasteiger partial charge >= 0.3 is 0 Å². The van der Waals surface area contributed by atoms with E-state index >= 15 is 0 Å². The summed E-state index contributed by atoms with van der Waals surface area (Å²) in [6.45, 7) is 1.68. The molecule has 4 aliphatic heterocycles. The van der Waals surface area contributed by atoms with Crippen molar-refractivity contribution in [2.45, 2.75) is 19.0 Å². The Labute approximate surface area is 222 Å². The summed E-state index contributed by atoms with van der Waals surface area (Å²) in [5.74, 6) is -2.02. The van der Waals surface area contributed by atoms with Gasteiger partial charge in [-0.25, -0.2) is 4.90 Å². The SMILES string of the molecule is Cc1cc([N+](=O)[O-])ccc1N1C(=O)[C@@H]2[C@H](C1=O)[C@H]1c3ccccc3C=CN1[C@H]2C(=O)c1ccc2c(c1)OCO2. The summed E-state index contributed by atoms with van der Waals surface area (Å²) in [6.07, 6.45) is 3.68. The lowest BCUT2D eigenvalue weighted by Gasteiger charge is -2.35. The molecule has 10 heteroatoms. The van der Waals surface area contributed by atoms with Crippen LogP contribution in [0.2, 0.25) is 0 Å². The molecule has 4 aliphatic rings. The van der Waals surface area contributed by atoms with Gasteiger partial charge in [-0.15, -0.1) is 0 Å². The number of nitro groups is 1. The minimum absolute atomic E-state index is 0.0609. The van der Waals surface area contributed by atoms with Gasteiger partial charge < -0.3 is 14.4 Å². The molecular weight excluding hydrogens is 502 g/mol. The van der Waals surface area contributed by atoms with Crippen LogP contribution < -0.4 is 14.4 Å². The topological polar surface area (TPSA) is 119 Å². The van der Waals surface area contributed by atoms with Crippen LogP contribution in [0.5, 0.6) is 11.5 Å². The molecule has 0 unspecified atom stereocenters. The van der Waals surface area contributed by atoms with Crippen molar-refractivity contribution in [2.24, 2.45) is 11.8 Å². The van der Waals surface area contributed by atoms with Crippen molar-refractivity contribution in [3.05, 3.63) is 99.2 Å². The fraction of sp³-hybridized carbons (Fsp3) is 0.207. The largest absolute Gasteiger partial charge is 0.454 e. The minimum Gasteiger partial charge on any atom is -0.454 e. The molecule has 3 aromatic carbocycles. The summed E-state index contributed by atoms with van der Waals surface area (Å²) in [7, 11) is 0. The molecule has 39 heavy (non-hydrogen) atoms. The molecule has 7 rings (SSSR count). The highest BCUT2D eigenvalue weighted by molar-refractivity contribution is 6.25. The number of hydrogen-bond acceptors (Lipinski definition) is 8. The van der Waals surface area contributed by atoms with E-state index < -0.39 is 40.7 Å². The predicted molar refractivity (Wildman–Crippen MR) is 138 cm³/mol. The van der Waals surface area contributed by atoms with Crippen molar-refractivity contribution >= 4 is 35.0 Å². The Morgan fingerprint density at radius 2 is 1.74 bits per heavy atom. The number of Topliss-reactive ketones (excluding diaryl/α,β-unsaturated/α-hetero) is 1. The van der Waals surface area contributed by atoms with E-state index in [0.717, 1.165) is 16.0 Å². The first-order valence-electron chi connectivity index (χ1n) is 12.5. The van der Waals surface area contributed by atoms with Gasteiger partial charge in [0.05, 0.1) is 28.5 Å². The number of ketones is 1. The summed E-state index contributed by atoms with van der Waals surface area (Å²) in [5.41, 5.74) is 2.69. The van der Waals surface area contributed by atoms with E-state index in [4.69, 9.17) is 9.47 Å². The Kier molecular flexibility index (Phi) is 4.90. The second kappa shape index (κ2) is 8.26. The Morgan fingerprint density at radius 1 is 0.974 bits per heavy atom. The molecule has 4 atom stereocenters. The van der Waals surface area contributed by atoms with Gasteiger partial charge in [0.2, 0.25) is 18.6 Å². The Balaban J connectivity index is 1.35. The highest BCUT2D eigenvalue weighted by atomic mass is 16.7. The van der Waals surface area contributed by atoms with E-state index in [2.05, 4.69) is 0 Å². The van der Waals surface area contributed by atoms with E-state index in [0.29, 0.717) is 22.6 Å². The van der Waals surface area contributed by atoms with Crippen molar-refractivity contribution in [1.29, 1.82) is 0 Å². The summed E-state index contributed by atoms with van der Waals surface area (Å²) in [6, 6.07) is 15.1. The van der Waals surface area contributed by atoms with Gasteiger partial charge in [0.15, 0.2) is 17.3 Å². The van der Waals surface area contributed by atoms with Crippen LogP contribution in [0, 0.1) is 28.9 Å². The Bertz CT molecular complexity index is 1650. The molecule has 194 valence electrons. The van der Waals surface area contributed by atoms with Crippen molar-refractivity contribution in [1.82, 2.24) is 4.90 Å². The quantitative estimate of drug-likeness (QED) is 0.218. The van der Waals surface area contributed by atoms with Crippen molar-refractivity contribution in [3.8, 4) is 11.5 Å². The number of carbonyl (C=O) groups excluding carboxylic acids is 3. The lowest BCUT2D eigenvalue weighted by molar-refractivity contribution is -0.384. The van der Waals surface area contributed by atoms with Crippen LogP contribution in [-0.4, -0.2) is 40.3 Å². The van der Waals surface area contributed by atoms with E-state index in [-0.39, 0.29) is 24.0 Å².